The summed E-state index contributed by atoms with van der Waals surface area (Å²) in [5.74, 6) is -0.101. The number of carbonyl (C=O) groups excluding carboxylic acids is 1. The second-order valence-corrected chi connectivity index (χ2v) is 8.61. The zero-order valence-corrected chi connectivity index (χ0v) is 20.0. The third-order valence-corrected chi connectivity index (χ3v) is 5.58. The highest BCUT2D eigenvalue weighted by Gasteiger charge is 2.36. The molecule has 0 saturated carbocycles. The third-order valence-electron chi connectivity index (χ3n) is 5.58. The minimum absolute atomic E-state index is 0.0439. The van der Waals surface area contributed by atoms with Crippen LogP contribution in [0.2, 0.25) is 0 Å². The molecule has 10 heteroatoms. The predicted octanol–water partition coefficient (Wildman–Crippen LogP) is 7.49. The number of halogens is 6. The van der Waals surface area contributed by atoms with Crippen LogP contribution >= 0.6 is 0 Å². The van der Waals surface area contributed by atoms with Crippen molar-refractivity contribution in [3.8, 4) is 11.5 Å². The van der Waals surface area contributed by atoms with Gasteiger partial charge in [-0.1, -0.05) is 24.3 Å². The first-order valence-corrected chi connectivity index (χ1v) is 11.7. The quantitative estimate of drug-likeness (QED) is 0.421. The van der Waals surface area contributed by atoms with Crippen molar-refractivity contribution in [2.24, 2.45) is 0 Å². The van der Waals surface area contributed by atoms with Crippen molar-refractivity contribution in [1.82, 2.24) is 5.32 Å². The van der Waals surface area contributed by atoms with E-state index in [4.69, 9.17) is 9.47 Å². The van der Waals surface area contributed by atoms with E-state index in [1.807, 2.05) is 12.2 Å². The number of alkyl halides is 6. The molecule has 4 nitrogen and oxygen atoms in total. The van der Waals surface area contributed by atoms with Crippen molar-refractivity contribution >= 4 is 5.91 Å². The summed E-state index contributed by atoms with van der Waals surface area (Å²) in [6.45, 7) is 4.14. The molecule has 0 radical (unpaired) electrons. The van der Waals surface area contributed by atoms with Crippen LogP contribution in [0.3, 0.4) is 0 Å². The molecule has 0 saturated heterocycles. The molecule has 2 bridgehead atoms. The number of carbonyl (C=O) groups is 1. The average molecular weight is 528 g/mol. The van der Waals surface area contributed by atoms with E-state index in [9.17, 15) is 31.1 Å². The van der Waals surface area contributed by atoms with Crippen LogP contribution < -0.4 is 14.8 Å². The highest BCUT2D eigenvalue weighted by atomic mass is 19.4. The summed E-state index contributed by atoms with van der Waals surface area (Å²) in [5, 5.41) is 2.40. The zero-order valence-electron chi connectivity index (χ0n) is 20.0. The van der Waals surface area contributed by atoms with E-state index < -0.39 is 35.9 Å². The molecule has 4 rings (SSSR count). The Morgan fingerprint density at radius 3 is 2.24 bits per heavy atom. The van der Waals surface area contributed by atoms with Gasteiger partial charge in [0.15, 0.2) is 0 Å². The second-order valence-electron chi connectivity index (χ2n) is 8.61. The fourth-order valence-corrected chi connectivity index (χ4v) is 3.66. The van der Waals surface area contributed by atoms with Gasteiger partial charge in [0.1, 0.15) is 11.5 Å². The van der Waals surface area contributed by atoms with Crippen LogP contribution in [0.5, 0.6) is 11.5 Å². The molecule has 37 heavy (non-hydrogen) atoms. The Kier molecular flexibility index (Phi) is 9.29. The van der Waals surface area contributed by atoms with E-state index in [1.54, 1.807) is 12.1 Å². The molecule has 0 unspecified atom stereocenters. The Labute approximate surface area is 211 Å². The largest absolute Gasteiger partial charge is 0.494 e. The first-order chi connectivity index (χ1) is 17.4. The summed E-state index contributed by atoms with van der Waals surface area (Å²) in [6, 6.07) is 5.85. The van der Waals surface area contributed by atoms with Crippen LogP contribution in [0.25, 0.3) is 0 Å². The Balaban J connectivity index is 1.80. The minimum Gasteiger partial charge on any atom is -0.494 e. The molecular formula is C27H27F6NO3. The van der Waals surface area contributed by atoms with Crippen LogP contribution in [-0.4, -0.2) is 19.1 Å². The molecule has 0 aliphatic carbocycles. The van der Waals surface area contributed by atoms with Gasteiger partial charge in [0, 0.05) is 6.54 Å². The van der Waals surface area contributed by atoms with Crippen molar-refractivity contribution in [3.63, 3.8) is 0 Å². The maximum Gasteiger partial charge on any atom is 0.416 e. The van der Waals surface area contributed by atoms with E-state index in [2.05, 4.69) is 11.9 Å². The summed E-state index contributed by atoms with van der Waals surface area (Å²) in [5.41, 5.74) is -2.17. The predicted molar refractivity (Wildman–Crippen MR) is 126 cm³/mol. The highest BCUT2D eigenvalue weighted by molar-refractivity contribution is 5.97. The maximum atomic E-state index is 13.2. The summed E-state index contributed by atoms with van der Waals surface area (Å²) in [6.07, 6.45) is -2.13. The van der Waals surface area contributed by atoms with Crippen molar-refractivity contribution in [3.05, 3.63) is 83.0 Å². The summed E-state index contributed by atoms with van der Waals surface area (Å²) in [4.78, 5) is 13.0. The molecule has 2 aromatic carbocycles. The van der Waals surface area contributed by atoms with Gasteiger partial charge in [0.2, 0.25) is 0 Å². The van der Waals surface area contributed by atoms with E-state index in [1.165, 1.54) is 6.07 Å². The number of benzene rings is 2. The van der Waals surface area contributed by atoms with Gasteiger partial charge >= 0.3 is 12.4 Å². The monoisotopic (exact) mass is 527 g/mol. The molecule has 1 N–H and O–H groups in total. The lowest BCUT2D eigenvalue weighted by atomic mass is 10.0. The average Bonchev–Trinajstić information content (AvgIpc) is 2.83. The highest BCUT2D eigenvalue weighted by Crippen LogP contribution is 2.36. The fraction of sp³-hybridized carbons (Fsp3) is 0.370. The number of amides is 1. The lowest BCUT2D eigenvalue weighted by Gasteiger charge is -2.16. The molecule has 2 aromatic rings. The van der Waals surface area contributed by atoms with Gasteiger partial charge in [-0.15, -0.1) is 0 Å². The SMILES string of the molecule is C=C1/C=C\CCCOc2ccc(c(C(=O)NCc3cc(C(F)(F)F)cc(C(F)(F)F)c3)c2)OCCCC1. The Morgan fingerprint density at radius 1 is 0.892 bits per heavy atom. The Morgan fingerprint density at radius 2 is 1.57 bits per heavy atom. The first-order valence-electron chi connectivity index (χ1n) is 11.7. The standard InChI is InChI=1S/C27H27F6NO3/c1-18-7-3-2-5-11-36-22-9-10-24(37-12-6-4-8-18)23(16-22)25(35)34-17-19-13-20(26(28,29)30)15-21(14-19)27(31,32)33/h3,7,9-10,13-16H,1-2,4-6,8,11-12,17H2,(H,34,35)/b7-3-. The number of hydrogen-bond donors (Lipinski definition) is 1. The van der Waals surface area contributed by atoms with Gasteiger partial charge in [0.25, 0.3) is 5.91 Å². The second kappa shape index (κ2) is 12.2. The Hall–Kier alpha value is -3.43. The van der Waals surface area contributed by atoms with E-state index >= 15 is 0 Å². The van der Waals surface area contributed by atoms with Crippen molar-refractivity contribution in [2.45, 2.75) is 51.0 Å². The smallest absolute Gasteiger partial charge is 0.416 e. The Bertz CT molecular complexity index is 1110. The van der Waals surface area contributed by atoms with E-state index in [0.717, 1.165) is 31.3 Å². The van der Waals surface area contributed by atoms with Gasteiger partial charge in [-0.2, -0.15) is 26.3 Å². The van der Waals surface area contributed by atoms with Crippen molar-refractivity contribution in [2.75, 3.05) is 13.2 Å². The van der Waals surface area contributed by atoms with Crippen LogP contribution in [0.15, 0.2) is 60.7 Å². The fourth-order valence-electron chi connectivity index (χ4n) is 3.66. The number of rotatable bonds is 3. The molecular weight excluding hydrogens is 500 g/mol. The van der Waals surface area contributed by atoms with Crippen molar-refractivity contribution in [1.29, 1.82) is 0 Å². The van der Waals surface area contributed by atoms with Crippen LogP contribution in [0.4, 0.5) is 26.3 Å². The molecule has 0 atom stereocenters. The minimum atomic E-state index is -4.98. The summed E-state index contributed by atoms with van der Waals surface area (Å²) < 4.78 is 90.4. The zero-order chi connectivity index (χ0) is 27.1. The van der Waals surface area contributed by atoms with Crippen molar-refractivity contribution < 1.29 is 40.6 Å². The number of hydrogen-bond acceptors (Lipinski definition) is 3. The van der Waals surface area contributed by atoms with Gasteiger partial charge in [-0.05, 0) is 74.1 Å². The normalized spacial score (nSPS) is 16.5. The molecule has 200 valence electrons. The van der Waals surface area contributed by atoms with E-state index in [-0.39, 0.29) is 22.9 Å². The van der Waals surface area contributed by atoms with Gasteiger partial charge in [-0.3, -0.25) is 4.79 Å². The molecule has 2 aliphatic rings. The van der Waals surface area contributed by atoms with Crippen LogP contribution in [0, 0.1) is 0 Å². The number of ether oxygens (including phenoxy) is 2. The van der Waals surface area contributed by atoms with Gasteiger partial charge in [0.05, 0.1) is 29.9 Å². The van der Waals surface area contributed by atoms with Crippen LogP contribution in [0.1, 0.15) is 59.2 Å². The lowest BCUT2D eigenvalue weighted by molar-refractivity contribution is -0.143. The molecule has 0 aromatic heterocycles. The molecule has 0 fully saturated rings. The van der Waals surface area contributed by atoms with E-state index in [0.29, 0.717) is 37.5 Å². The summed E-state index contributed by atoms with van der Waals surface area (Å²) >= 11 is 0. The molecule has 0 spiro atoms. The van der Waals surface area contributed by atoms with Gasteiger partial charge < -0.3 is 14.8 Å². The van der Waals surface area contributed by atoms with Crippen LogP contribution in [-0.2, 0) is 18.9 Å². The molecule has 2 aliphatic heterocycles. The number of allylic oxidation sites excluding steroid dienone is 3. The molecule has 1 amide bonds. The first kappa shape index (κ1) is 28.1. The molecule has 2 heterocycles. The number of fused-ring (bicyclic) bond motifs is 12. The third kappa shape index (κ3) is 8.58. The lowest BCUT2D eigenvalue weighted by Crippen LogP contribution is -2.24. The van der Waals surface area contributed by atoms with Gasteiger partial charge in [-0.25, -0.2) is 0 Å². The topological polar surface area (TPSA) is 47.6 Å². The maximum absolute atomic E-state index is 13.2. The summed E-state index contributed by atoms with van der Waals surface area (Å²) in [7, 11) is 0. The number of nitrogens with one attached hydrogen (secondary N) is 1.